The van der Waals surface area contributed by atoms with Crippen LogP contribution in [0.3, 0.4) is 0 Å². The Hall–Kier alpha value is -1.60. The lowest BCUT2D eigenvalue weighted by molar-refractivity contribution is -0.127. The second-order valence-electron chi connectivity index (χ2n) is 4.13. The zero-order chi connectivity index (χ0) is 15.0. The standard InChI is InChI=1S/C13H21N5OS/c1-4-7-17(8-5-2)12(19)10-20-13-16-15-11(3)18(13)9-6-14/h4-5H,1-2,6-10,14H2,3H3. The van der Waals surface area contributed by atoms with Gasteiger partial charge in [-0.1, -0.05) is 23.9 Å². The molecule has 1 heterocycles. The van der Waals surface area contributed by atoms with E-state index in [9.17, 15) is 4.79 Å². The number of carbonyl (C=O) groups excluding carboxylic acids is 1. The van der Waals surface area contributed by atoms with Crippen molar-refractivity contribution in [1.82, 2.24) is 19.7 Å². The Labute approximate surface area is 123 Å². The molecule has 0 saturated carbocycles. The molecule has 0 unspecified atom stereocenters. The molecule has 0 fully saturated rings. The monoisotopic (exact) mass is 295 g/mol. The molecule has 1 amide bonds. The van der Waals surface area contributed by atoms with Crippen molar-refractivity contribution in [2.75, 3.05) is 25.4 Å². The maximum Gasteiger partial charge on any atom is 0.233 e. The fourth-order valence-electron chi connectivity index (χ4n) is 1.66. The maximum absolute atomic E-state index is 12.1. The molecule has 20 heavy (non-hydrogen) atoms. The Morgan fingerprint density at radius 3 is 2.60 bits per heavy atom. The molecular formula is C13H21N5OS. The summed E-state index contributed by atoms with van der Waals surface area (Å²) in [7, 11) is 0. The van der Waals surface area contributed by atoms with Crippen molar-refractivity contribution in [3.05, 3.63) is 31.1 Å². The molecule has 110 valence electrons. The second kappa shape index (κ2) is 8.55. The smallest absolute Gasteiger partial charge is 0.233 e. The van der Waals surface area contributed by atoms with Gasteiger partial charge in [0.1, 0.15) is 5.82 Å². The minimum absolute atomic E-state index is 0.0229. The topological polar surface area (TPSA) is 77.0 Å². The van der Waals surface area contributed by atoms with Gasteiger partial charge in [0.05, 0.1) is 5.75 Å². The largest absolute Gasteiger partial charge is 0.335 e. The highest BCUT2D eigenvalue weighted by Crippen LogP contribution is 2.17. The number of aryl methyl sites for hydroxylation is 1. The van der Waals surface area contributed by atoms with Crippen LogP contribution in [0.25, 0.3) is 0 Å². The van der Waals surface area contributed by atoms with Crippen LogP contribution in [0.2, 0.25) is 0 Å². The summed E-state index contributed by atoms with van der Waals surface area (Å²) in [4.78, 5) is 13.8. The average molecular weight is 295 g/mol. The van der Waals surface area contributed by atoms with Gasteiger partial charge in [-0.2, -0.15) is 0 Å². The van der Waals surface area contributed by atoms with Gasteiger partial charge in [0.15, 0.2) is 5.16 Å². The van der Waals surface area contributed by atoms with Gasteiger partial charge in [-0.25, -0.2) is 0 Å². The van der Waals surface area contributed by atoms with E-state index in [-0.39, 0.29) is 5.91 Å². The van der Waals surface area contributed by atoms with Crippen LogP contribution in [0.4, 0.5) is 0 Å². The molecule has 0 aliphatic rings. The Kier molecular flexibility index (Phi) is 7.03. The first-order chi connectivity index (χ1) is 9.63. The predicted molar refractivity (Wildman–Crippen MR) is 81.5 cm³/mol. The summed E-state index contributed by atoms with van der Waals surface area (Å²) in [6.07, 6.45) is 3.40. The minimum Gasteiger partial charge on any atom is -0.335 e. The third kappa shape index (κ3) is 4.50. The first kappa shape index (κ1) is 16.5. The van der Waals surface area contributed by atoms with Crippen molar-refractivity contribution in [2.24, 2.45) is 5.73 Å². The van der Waals surface area contributed by atoms with Crippen molar-refractivity contribution in [2.45, 2.75) is 18.6 Å². The van der Waals surface area contributed by atoms with Crippen LogP contribution in [-0.4, -0.2) is 51.0 Å². The number of hydrogen-bond donors (Lipinski definition) is 1. The van der Waals surface area contributed by atoms with E-state index in [0.717, 1.165) is 11.0 Å². The highest BCUT2D eigenvalue weighted by molar-refractivity contribution is 7.99. The highest BCUT2D eigenvalue weighted by atomic mass is 32.2. The van der Waals surface area contributed by atoms with Crippen molar-refractivity contribution >= 4 is 17.7 Å². The Morgan fingerprint density at radius 1 is 1.40 bits per heavy atom. The summed E-state index contributed by atoms with van der Waals surface area (Å²) in [5.41, 5.74) is 5.56. The number of nitrogens with zero attached hydrogens (tertiary/aromatic N) is 4. The lowest BCUT2D eigenvalue weighted by Crippen LogP contribution is -2.32. The van der Waals surface area contributed by atoms with E-state index in [0.29, 0.717) is 31.9 Å². The van der Waals surface area contributed by atoms with E-state index in [1.807, 2.05) is 11.5 Å². The number of nitrogens with two attached hydrogens (primary N) is 1. The molecule has 0 bridgehead atoms. The van der Waals surface area contributed by atoms with Gasteiger partial charge in [0, 0.05) is 26.2 Å². The quantitative estimate of drug-likeness (QED) is 0.539. The zero-order valence-electron chi connectivity index (χ0n) is 11.8. The van der Waals surface area contributed by atoms with Gasteiger partial charge < -0.3 is 15.2 Å². The van der Waals surface area contributed by atoms with Crippen molar-refractivity contribution in [1.29, 1.82) is 0 Å². The Balaban J connectivity index is 2.63. The second-order valence-corrected chi connectivity index (χ2v) is 5.08. The zero-order valence-corrected chi connectivity index (χ0v) is 12.6. The normalized spacial score (nSPS) is 10.3. The van der Waals surface area contributed by atoms with Gasteiger partial charge in [0.2, 0.25) is 5.91 Å². The van der Waals surface area contributed by atoms with Crippen LogP contribution in [-0.2, 0) is 11.3 Å². The molecule has 1 aromatic rings. The van der Waals surface area contributed by atoms with Crippen molar-refractivity contribution in [3.8, 4) is 0 Å². The summed E-state index contributed by atoms with van der Waals surface area (Å²) in [5.74, 6) is 1.14. The molecule has 0 spiro atoms. The first-order valence-electron chi connectivity index (χ1n) is 6.36. The molecule has 1 aromatic heterocycles. The highest BCUT2D eigenvalue weighted by Gasteiger charge is 2.14. The van der Waals surface area contributed by atoms with Crippen molar-refractivity contribution < 1.29 is 4.79 Å². The Morgan fingerprint density at radius 2 is 2.05 bits per heavy atom. The van der Waals surface area contributed by atoms with Crippen LogP contribution in [0.15, 0.2) is 30.5 Å². The number of thioether (sulfide) groups is 1. The maximum atomic E-state index is 12.1. The van der Waals surface area contributed by atoms with E-state index in [1.54, 1.807) is 17.1 Å². The van der Waals surface area contributed by atoms with E-state index < -0.39 is 0 Å². The summed E-state index contributed by atoms with van der Waals surface area (Å²) in [6, 6.07) is 0. The predicted octanol–water partition coefficient (Wildman–Crippen LogP) is 0.838. The number of aromatic nitrogens is 3. The third-order valence-corrected chi connectivity index (χ3v) is 3.58. The molecule has 0 aromatic carbocycles. The molecular weight excluding hydrogens is 274 g/mol. The van der Waals surface area contributed by atoms with Crippen LogP contribution in [0, 0.1) is 6.92 Å². The third-order valence-electron chi connectivity index (χ3n) is 2.63. The number of hydrogen-bond acceptors (Lipinski definition) is 5. The number of amides is 1. The van der Waals surface area contributed by atoms with Crippen molar-refractivity contribution in [3.63, 3.8) is 0 Å². The van der Waals surface area contributed by atoms with Crippen LogP contribution in [0.1, 0.15) is 5.82 Å². The summed E-state index contributed by atoms with van der Waals surface area (Å²) in [5, 5.41) is 8.80. The summed E-state index contributed by atoms with van der Waals surface area (Å²) >= 11 is 1.37. The van der Waals surface area contributed by atoms with Gasteiger partial charge in [0.25, 0.3) is 0 Å². The van der Waals surface area contributed by atoms with E-state index >= 15 is 0 Å². The van der Waals surface area contributed by atoms with Crippen LogP contribution < -0.4 is 5.73 Å². The average Bonchev–Trinajstić information content (AvgIpc) is 2.78. The molecule has 6 nitrogen and oxygen atoms in total. The molecule has 0 saturated heterocycles. The molecule has 0 radical (unpaired) electrons. The van der Waals surface area contributed by atoms with Gasteiger partial charge in [-0.3, -0.25) is 4.79 Å². The SMILES string of the molecule is C=CCN(CC=C)C(=O)CSc1nnc(C)n1CCN. The molecule has 1 rings (SSSR count). The molecule has 0 aliphatic carbocycles. The number of rotatable bonds is 9. The van der Waals surface area contributed by atoms with Crippen LogP contribution in [0.5, 0.6) is 0 Å². The lowest BCUT2D eigenvalue weighted by Gasteiger charge is -2.18. The fourth-order valence-corrected chi connectivity index (χ4v) is 2.58. The fraction of sp³-hybridized carbons (Fsp3) is 0.462. The lowest BCUT2D eigenvalue weighted by atomic mass is 10.4. The molecule has 7 heteroatoms. The molecule has 0 atom stereocenters. The van der Waals surface area contributed by atoms with E-state index in [4.69, 9.17) is 5.73 Å². The van der Waals surface area contributed by atoms with E-state index in [1.165, 1.54) is 11.8 Å². The minimum atomic E-state index is 0.0229. The number of carbonyl (C=O) groups is 1. The molecule has 2 N–H and O–H groups in total. The summed E-state index contributed by atoms with van der Waals surface area (Å²) in [6.45, 7) is 11.4. The van der Waals surface area contributed by atoms with Gasteiger partial charge in [-0.15, -0.1) is 23.4 Å². The summed E-state index contributed by atoms with van der Waals surface area (Å²) < 4.78 is 1.92. The Bertz CT molecular complexity index is 461. The van der Waals surface area contributed by atoms with Gasteiger partial charge in [-0.05, 0) is 6.92 Å². The first-order valence-corrected chi connectivity index (χ1v) is 7.34. The molecule has 0 aliphatic heterocycles. The van der Waals surface area contributed by atoms with E-state index in [2.05, 4.69) is 23.4 Å². The van der Waals surface area contributed by atoms with Gasteiger partial charge >= 0.3 is 0 Å². The van der Waals surface area contributed by atoms with Crippen LogP contribution >= 0.6 is 11.8 Å².